The van der Waals surface area contributed by atoms with E-state index in [1.807, 2.05) is 18.4 Å². The molecule has 114 valence electrons. The molecule has 0 aliphatic heterocycles. The van der Waals surface area contributed by atoms with Crippen molar-refractivity contribution in [3.05, 3.63) is 21.9 Å². The third-order valence-electron chi connectivity index (χ3n) is 4.53. The Balaban J connectivity index is 2.26. The minimum atomic E-state index is -0.0109. The summed E-state index contributed by atoms with van der Waals surface area (Å²) in [5.41, 5.74) is -0.0109. The second-order valence-electron chi connectivity index (χ2n) is 6.02. The van der Waals surface area contributed by atoms with Crippen LogP contribution >= 0.6 is 11.3 Å². The summed E-state index contributed by atoms with van der Waals surface area (Å²) in [5.74, 6) is 0. The maximum Gasteiger partial charge on any atom is 0.0880 e. The van der Waals surface area contributed by atoms with Gasteiger partial charge in [0.2, 0.25) is 0 Å². The Bertz CT molecular complexity index is 393. The van der Waals surface area contributed by atoms with Gasteiger partial charge in [-0.2, -0.15) is 0 Å². The first kappa shape index (κ1) is 16.0. The van der Waals surface area contributed by atoms with Gasteiger partial charge in [0.15, 0.2) is 0 Å². The van der Waals surface area contributed by atoms with Gasteiger partial charge in [0.1, 0.15) is 0 Å². The van der Waals surface area contributed by atoms with E-state index in [1.165, 1.54) is 54.7 Å². The molecule has 1 aliphatic carbocycles. The van der Waals surface area contributed by atoms with Gasteiger partial charge in [0.25, 0.3) is 0 Å². The summed E-state index contributed by atoms with van der Waals surface area (Å²) < 4.78 is 6.13. The zero-order valence-corrected chi connectivity index (χ0v) is 14.0. The van der Waals surface area contributed by atoms with Crippen LogP contribution in [0.1, 0.15) is 67.7 Å². The third kappa shape index (κ3) is 3.63. The Morgan fingerprint density at radius 2 is 1.95 bits per heavy atom. The summed E-state index contributed by atoms with van der Waals surface area (Å²) in [5, 5.41) is 3.77. The van der Waals surface area contributed by atoms with E-state index in [-0.39, 0.29) is 5.60 Å². The lowest BCUT2D eigenvalue weighted by Gasteiger charge is -2.39. The Kier molecular flexibility index (Phi) is 6.06. The molecule has 1 saturated carbocycles. The molecule has 0 saturated heterocycles. The van der Waals surface area contributed by atoms with E-state index in [0.717, 1.165) is 6.54 Å². The average Bonchev–Trinajstić information content (AvgIpc) is 2.75. The van der Waals surface area contributed by atoms with Gasteiger partial charge in [0, 0.05) is 16.9 Å². The Morgan fingerprint density at radius 1 is 1.25 bits per heavy atom. The standard InChI is InChI=1S/C17H29NOS/c1-4-13-18-16(15-10-9-14(2)20-15)17(19-3)11-7-5-6-8-12-17/h9-10,16,18H,4-8,11-13H2,1-3H3. The van der Waals surface area contributed by atoms with Crippen molar-refractivity contribution >= 4 is 11.3 Å². The van der Waals surface area contributed by atoms with Crippen LogP contribution < -0.4 is 5.32 Å². The first-order valence-electron chi connectivity index (χ1n) is 8.07. The van der Waals surface area contributed by atoms with E-state index in [0.29, 0.717) is 6.04 Å². The van der Waals surface area contributed by atoms with Crippen molar-refractivity contribution in [1.29, 1.82) is 0 Å². The van der Waals surface area contributed by atoms with E-state index >= 15 is 0 Å². The van der Waals surface area contributed by atoms with Crippen LogP contribution in [0.5, 0.6) is 0 Å². The monoisotopic (exact) mass is 295 g/mol. The van der Waals surface area contributed by atoms with Gasteiger partial charge in [0.05, 0.1) is 11.6 Å². The number of ether oxygens (including phenoxy) is 1. The topological polar surface area (TPSA) is 21.3 Å². The highest BCUT2D eigenvalue weighted by molar-refractivity contribution is 7.12. The first-order chi connectivity index (χ1) is 9.72. The second kappa shape index (κ2) is 7.58. The molecule has 0 aromatic carbocycles. The molecule has 3 heteroatoms. The minimum absolute atomic E-state index is 0.0109. The number of hydrogen-bond acceptors (Lipinski definition) is 3. The van der Waals surface area contributed by atoms with Crippen molar-refractivity contribution in [2.75, 3.05) is 13.7 Å². The van der Waals surface area contributed by atoms with Gasteiger partial charge in [-0.1, -0.05) is 32.6 Å². The van der Waals surface area contributed by atoms with E-state index < -0.39 is 0 Å². The number of hydrogen-bond donors (Lipinski definition) is 1. The molecule has 2 nitrogen and oxygen atoms in total. The summed E-state index contributed by atoms with van der Waals surface area (Å²) in [6, 6.07) is 4.88. The summed E-state index contributed by atoms with van der Waals surface area (Å²) >= 11 is 1.92. The number of thiophene rings is 1. The predicted molar refractivity (Wildman–Crippen MR) is 87.5 cm³/mol. The zero-order valence-electron chi connectivity index (χ0n) is 13.2. The highest BCUT2D eigenvalue weighted by atomic mass is 32.1. The fraction of sp³-hybridized carbons (Fsp3) is 0.765. The number of methoxy groups -OCH3 is 1. The largest absolute Gasteiger partial charge is 0.376 e. The molecule has 1 aromatic heterocycles. The fourth-order valence-electron chi connectivity index (χ4n) is 3.38. The maximum atomic E-state index is 6.13. The van der Waals surface area contributed by atoms with Crippen LogP contribution in [0.3, 0.4) is 0 Å². The second-order valence-corrected chi connectivity index (χ2v) is 7.34. The SMILES string of the molecule is CCCNC(c1ccc(C)s1)C1(OC)CCCCCC1. The lowest BCUT2D eigenvalue weighted by atomic mass is 9.85. The first-order valence-corrected chi connectivity index (χ1v) is 8.88. The molecule has 2 rings (SSSR count). The van der Waals surface area contributed by atoms with Crippen molar-refractivity contribution in [3.63, 3.8) is 0 Å². The number of aryl methyl sites for hydroxylation is 1. The van der Waals surface area contributed by atoms with Gasteiger partial charge in [-0.15, -0.1) is 11.3 Å². The maximum absolute atomic E-state index is 6.13. The molecule has 0 bridgehead atoms. The number of nitrogens with one attached hydrogen (secondary N) is 1. The molecular formula is C17H29NOS. The van der Waals surface area contributed by atoms with E-state index in [4.69, 9.17) is 4.74 Å². The molecular weight excluding hydrogens is 266 g/mol. The van der Waals surface area contributed by atoms with E-state index in [9.17, 15) is 0 Å². The van der Waals surface area contributed by atoms with Crippen LogP contribution in [0.15, 0.2) is 12.1 Å². The lowest BCUT2D eigenvalue weighted by Crippen LogP contribution is -2.45. The molecule has 1 heterocycles. The molecule has 0 spiro atoms. The fourth-order valence-corrected chi connectivity index (χ4v) is 4.44. The summed E-state index contributed by atoms with van der Waals surface area (Å²) in [4.78, 5) is 2.84. The molecule has 0 radical (unpaired) electrons. The highest BCUT2D eigenvalue weighted by Gasteiger charge is 2.40. The molecule has 1 unspecified atom stereocenters. The number of rotatable bonds is 6. The Morgan fingerprint density at radius 3 is 2.45 bits per heavy atom. The Labute approximate surface area is 127 Å². The van der Waals surface area contributed by atoms with Crippen LogP contribution in [-0.2, 0) is 4.74 Å². The summed E-state index contributed by atoms with van der Waals surface area (Å²) in [6.07, 6.45) is 8.83. The average molecular weight is 295 g/mol. The quantitative estimate of drug-likeness (QED) is 0.758. The van der Waals surface area contributed by atoms with Gasteiger partial charge < -0.3 is 10.1 Å². The van der Waals surface area contributed by atoms with E-state index in [2.05, 4.69) is 31.3 Å². The van der Waals surface area contributed by atoms with Crippen molar-refractivity contribution < 1.29 is 4.74 Å². The van der Waals surface area contributed by atoms with Crippen molar-refractivity contribution in [1.82, 2.24) is 5.32 Å². The van der Waals surface area contributed by atoms with Crippen molar-refractivity contribution in [2.24, 2.45) is 0 Å². The summed E-state index contributed by atoms with van der Waals surface area (Å²) in [7, 11) is 1.91. The molecule has 1 fully saturated rings. The molecule has 1 aliphatic rings. The van der Waals surface area contributed by atoms with Crippen LogP contribution in [0, 0.1) is 6.92 Å². The van der Waals surface area contributed by atoms with Crippen LogP contribution in [0.25, 0.3) is 0 Å². The smallest absolute Gasteiger partial charge is 0.0880 e. The normalized spacial score (nSPS) is 20.6. The van der Waals surface area contributed by atoms with Crippen molar-refractivity contribution in [3.8, 4) is 0 Å². The van der Waals surface area contributed by atoms with E-state index in [1.54, 1.807) is 0 Å². The van der Waals surface area contributed by atoms with Crippen molar-refractivity contribution in [2.45, 2.75) is 70.4 Å². The Hall–Kier alpha value is -0.380. The third-order valence-corrected chi connectivity index (χ3v) is 5.59. The van der Waals surface area contributed by atoms with Gasteiger partial charge in [-0.3, -0.25) is 0 Å². The van der Waals surface area contributed by atoms with Crippen LogP contribution in [0.4, 0.5) is 0 Å². The molecule has 0 amide bonds. The minimum Gasteiger partial charge on any atom is -0.376 e. The zero-order chi connectivity index (χ0) is 14.4. The van der Waals surface area contributed by atoms with Gasteiger partial charge >= 0.3 is 0 Å². The van der Waals surface area contributed by atoms with Gasteiger partial charge in [-0.25, -0.2) is 0 Å². The molecule has 20 heavy (non-hydrogen) atoms. The predicted octanol–water partition coefficient (Wildman–Crippen LogP) is 4.84. The summed E-state index contributed by atoms with van der Waals surface area (Å²) in [6.45, 7) is 5.49. The molecule has 1 atom stereocenters. The van der Waals surface area contributed by atoms with Crippen LogP contribution in [-0.4, -0.2) is 19.3 Å². The molecule has 1 N–H and O–H groups in total. The molecule has 1 aromatic rings. The lowest BCUT2D eigenvalue weighted by molar-refractivity contribution is -0.0531. The van der Waals surface area contributed by atoms with Gasteiger partial charge in [-0.05, 0) is 44.9 Å². The highest BCUT2D eigenvalue weighted by Crippen LogP contribution is 2.42. The van der Waals surface area contributed by atoms with Crippen LogP contribution in [0.2, 0.25) is 0 Å².